The number of fused-ring (bicyclic) bond motifs is 1. The van der Waals surface area contributed by atoms with Crippen LogP contribution in [-0.2, 0) is 11.8 Å². The lowest BCUT2D eigenvalue weighted by Crippen LogP contribution is -2.15. The smallest absolute Gasteiger partial charge is 0.235 e. The number of amides is 1. The maximum absolute atomic E-state index is 13.5. The van der Waals surface area contributed by atoms with Crippen molar-refractivity contribution < 1.29 is 13.6 Å². The Balaban J connectivity index is 2.14. The topological polar surface area (TPSA) is 46.9 Å². The van der Waals surface area contributed by atoms with Crippen LogP contribution in [0.5, 0.6) is 0 Å². The van der Waals surface area contributed by atoms with Crippen molar-refractivity contribution >= 4 is 23.5 Å². The summed E-state index contributed by atoms with van der Waals surface area (Å²) in [6.07, 6.45) is 0. The lowest BCUT2D eigenvalue weighted by Gasteiger charge is -2.15. The van der Waals surface area contributed by atoms with Crippen molar-refractivity contribution in [3.63, 3.8) is 0 Å². The lowest BCUT2D eigenvalue weighted by atomic mass is 10.0. The molecule has 1 N–H and O–H groups in total. The van der Waals surface area contributed by atoms with Gasteiger partial charge in [0.2, 0.25) is 5.91 Å². The number of aryl methyl sites for hydroxylation is 2. The third kappa shape index (κ3) is 2.42. The summed E-state index contributed by atoms with van der Waals surface area (Å²) in [6, 6.07) is 3.83. The number of rotatable bonds is 1. The molecule has 2 aromatic rings. The van der Waals surface area contributed by atoms with Crippen LogP contribution in [0.4, 0.5) is 14.6 Å². The zero-order valence-corrected chi connectivity index (χ0v) is 12.3. The van der Waals surface area contributed by atoms with Crippen LogP contribution in [0.3, 0.4) is 0 Å². The monoisotopic (exact) mass is 309 g/mol. The summed E-state index contributed by atoms with van der Waals surface area (Å²) in [7, 11) is 1.74. The van der Waals surface area contributed by atoms with Gasteiger partial charge in [-0.25, -0.2) is 8.78 Å². The number of thioether (sulfide) groups is 1. The summed E-state index contributed by atoms with van der Waals surface area (Å²) < 4.78 is 28.2. The van der Waals surface area contributed by atoms with E-state index in [1.54, 1.807) is 17.8 Å². The average molecular weight is 309 g/mol. The maximum atomic E-state index is 13.5. The fourth-order valence-electron chi connectivity index (χ4n) is 2.49. The number of hydrogen-bond donors (Lipinski definition) is 1. The van der Waals surface area contributed by atoms with Crippen LogP contribution in [-0.4, -0.2) is 21.4 Å². The van der Waals surface area contributed by atoms with E-state index in [1.807, 2.05) is 6.92 Å². The van der Waals surface area contributed by atoms with Gasteiger partial charge < -0.3 is 5.32 Å². The molecule has 0 bridgehead atoms. The van der Waals surface area contributed by atoms with E-state index in [9.17, 15) is 13.6 Å². The fraction of sp³-hybridized carbons (Fsp3) is 0.286. The highest BCUT2D eigenvalue weighted by Crippen LogP contribution is 2.43. The fourth-order valence-corrected chi connectivity index (χ4v) is 3.66. The molecule has 1 aliphatic rings. The van der Waals surface area contributed by atoms with E-state index in [4.69, 9.17) is 0 Å². The first-order valence-electron chi connectivity index (χ1n) is 6.37. The van der Waals surface area contributed by atoms with Crippen molar-refractivity contribution in [1.82, 2.24) is 9.78 Å². The molecular formula is C14H13F2N3OS. The van der Waals surface area contributed by atoms with Crippen LogP contribution in [0, 0.1) is 18.6 Å². The molecule has 21 heavy (non-hydrogen) atoms. The predicted molar refractivity (Wildman–Crippen MR) is 77.2 cm³/mol. The Labute approximate surface area is 124 Å². The van der Waals surface area contributed by atoms with E-state index in [-0.39, 0.29) is 16.9 Å². The Bertz CT molecular complexity index is 729. The summed E-state index contributed by atoms with van der Waals surface area (Å²) in [5, 5.41) is 6.85. The number of halogens is 2. The van der Waals surface area contributed by atoms with Gasteiger partial charge >= 0.3 is 0 Å². The van der Waals surface area contributed by atoms with Crippen molar-refractivity contribution in [2.75, 3.05) is 11.1 Å². The number of aromatic nitrogens is 2. The molecule has 2 heterocycles. The first kappa shape index (κ1) is 14.1. The first-order valence-corrected chi connectivity index (χ1v) is 7.42. The Hall–Kier alpha value is -1.89. The van der Waals surface area contributed by atoms with E-state index in [2.05, 4.69) is 10.4 Å². The van der Waals surface area contributed by atoms with Crippen LogP contribution in [0.25, 0.3) is 0 Å². The Morgan fingerprint density at radius 2 is 2.14 bits per heavy atom. The molecule has 3 rings (SSSR count). The molecule has 1 aliphatic heterocycles. The molecule has 7 heteroatoms. The number of carbonyl (C=O) groups excluding carboxylic acids is 1. The molecule has 1 atom stereocenters. The molecule has 0 radical (unpaired) electrons. The van der Waals surface area contributed by atoms with Gasteiger partial charge in [-0.3, -0.25) is 9.48 Å². The number of anilines is 1. The summed E-state index contributed by atoms with van der Waals surface area (Å²) in [4.78, 5) is 11.8. The molecule has 4 nitrogen and oxygen atoms in total. The van der Waals surface area contributed by atoms with E-state index in [1.165, 1.54) is 17.8 Å². The molecule has 0 aliphatic carbocycles. The molecule has 0 saturated carbocycles. The van der Waals surface area contributed by atoms with Crippen molar-refractivity contribution in [1.29, 1.82) is 0 Å². The summed E-state index contributed by atoms with van der Waals surface area (Å²) in [5.74, 6) is -1.04. The van der Waals surface area contributed by atoms with Gasteiger partial charge in [-0.1, -0.05) is 6.07 Å². The number of nitrogens with one attached hydrogen (secondary N) is 1. The predicted octanol–water partition coefficient (Wildman–Crippen LogP) is 2.78. The zero-order chi connectivity index (χ0) is 15.1. The lowest BCUT2D eigenvalue weighted by molar-refractivity contribution is -0.113. The Kier molecular flexibility index (Phi) is 3.44. The zero-order valence-electron chi connectivity index (χ0n) is 11.5. The van der Waals surface area contributed by atoms with Crippen LogP contribution < -0.4 is 5.32 Å². The quantitative estimate of drug-likeness (QED) is 0.881. The number of hydrogen-bond acceptors (Lipinski definition) is 3. The van der Waals surface area contributed by atoms with Crippen molar-refractivity contribution in [2.45, 2.75) is 12.2 Å². The molecule has 0 saturated heterocycles. The molecule has 1 amide bonds. The van der Waals surface area contributed by atoms with Crippen molar-refractivity contribution in [3.05, 3.63) is 46.7 Å². The second kappa shape index (κ2) is 5.14. The van der Waals surface area contributed by atoms with Crippen molar-refractivity contribution in [3.8, 4) is 0 Å². The third-order valence-electron chi connectivity index (χ3n) is 3.42. The van der Waals surface area contributed by atoms with Gasteiger partial charge in [0.15, 0.2) is 11.6 Å². The molecule has 0 fully saturated rings. The summed E-state index contributed by atoms with van der Waals surface area (Å²) >= 11 is 1.38. The van der Waals surface area contributed by atoms with Gasteiger partial charge in [-0.2, -0.15) is 5.10 Å². The normalized spacial score (nSPS) is 18.1. The number of nitrogens with zero attached hydrogens (tertiary/aromatic N) is 2. The summed E-state index contributed by atoms with van der Waals surface area (Å²) in [6.45, 7) is 1.84. The van der Waals surface area contributed by atoms with E-state index >= 15 is 0 Å². The van der Waals surface area contributed by atoms with Gasteiger partial charge in [-0.15, -0.1) is 11.8 Å². The molecule has 0 spiro atoms. The number of benzene rings is 1. The standard InChI is InChI=1S/C14H13F2N3OS/c1-7-12-13(8-3-4-9(15)10(16)5-8)21-6-11(20)17-14(12)19(2)18-7/h3-5,13H,6H2,1-2H3,(H,17,20)/t13-/m0/s1. The van der Waals surface area contributed by atoms with Crippen LogP contribution >= 0.6 is 11.8 Å². The van der Waals surface area contributed by atoms with Gasteiger partial charge in [0, 0.05) is 12.6 Å². The Morgan fingerprint density at radius 3 is 2.86 bits per heavy atom. The minimum absolute atomic E-state index is 0.130. The van der Waals surface area contributed by atoms with Crippen molar-refractivity contribution in [2.24, 2.45) is 7.05 Å². The van der Waals surface area contributed by atoms with E-state index in [0.29, 0.717) is 11.4 Å². The second-order valence-electron chi connectivity index (χ2n) is 4.88. The van der Waals surface area contributed by atoms with Crippen LogP contribution in [0.15, 0.2) is 18.2 Å². The van der Waals surface area contributed by atoms with Crippen LogP contribution in [0.2, 0.25) is 0 Å². The van der Waals surface area contributed by atoms with E-state index < -0.39 is 11.6 Å². The molecule has 110 valence electrons. The van der Waals surface area contributed by atoms with Gasteiger partial charge in [0.05, 0.1) is 16.7 Å². The minimum Gasteiger partial charge on any atom is -0.310 e. The van der Waals surface area contributed by atoms with Gasteiger partial charge in [0.1, 0.15) is 5.82 Å². The average Bonchev–Trinajstić information content (AvgIpc) is 2.61. The SMILES string of the molecule is Cc1nn(C)c2c1[C@H](c1ccc(F)c(F)c1)SCC(=O)N2. The van der Waals surface area contributed by atoms with E-state index in [0.717, 1.165) is 17.3 Å². The Morgan fingerprint density at radius 1 is 1.38 bits per heavy atom. The highest BCUT2D eigenvalue weighted by Gasteiger charge is 2.29. The molecular weight excluding hydrogens is 296 g/mol. The molecule has 1 aromatic heterocycles. The number of carbonyl (C=O) groups is 1. The highest BCUT2D eigenvalue weighted by atomic mass is 32.2. The first-order chi connectivity index (χ1) is 9.97. The minimum atomic E-state index is -0.889. The summed E-state index contributed by atoms with van der Waals surface area (Å²) in [5.41, 5.74) is 2.21. The maximum Gasteiger partial charge on any atom is 0.235 e. The second-order valence-corrected chi connectivity index (χ2v) is 5.98. The largest absolute Gasteiger partial charge is 0.310 e. The molecule has 1 aromatic carbocycles. The van der Waals surface area contributed by atoms with Gasteiger partial charge in [0.25, 0.3) is 0 Å². The highest BCUT2D eigenvalue weighted by molar-refractivity contribution is 8.00. The van der Waals surface area contributed by atoms with Crippen LogP contribution in [0.1, 0.15) is 22.1 Å². The van der Waals surface area contributed by atoms with Gasteiger partial charge in [-0.05, 0) is 24.6 Å². The third-order valence-corrected chi connectivity index (χ3v) is 4.69. The molecule has 0 unspecified atom stereocenters.